The van der Waals surface area contributed by atoms with Gasteiger partial charge in [-0.25, -0.2) is 4.79 Å². The molecule has 0 aliphatic rings. The highest BCUT2D eigenvalue weighted by atomic mass is 16.5. The summed E-state index contributed by atoms with van der Waals surface area (Å²) in [7, 11) is 3.05. The molecule has 0 spiro atoms. The van der Waals surface area contributed by atoms with Crippen molar-refractivity contribution >= 4 is 17.8 Å². The van der Waals surface area contributed by atoms with E-state index in [1.807, 2.05) is 0 Å². The lowest BCUT2D eigenvalue weighted by Gasteiger charge is -2.12. The molecule has 0 aliphatic carbocycles. The van der Waals surface area contributed by atoms with Crippen LogP contribution < -0.4 is 9.47 Å². The highest BCUT2D eigenvalue weighted by molar-refractivity contribution is 5.95. The molecule has 2 rings (SSSR count). The van der Waals surface area contributed by atoms with Gasteiger partial charge in [0.2, 0.25) is 0 Å². The van der Waals surface area contributed by atoms with Crippen molar-refractivity contribution in [3.8, 4) is 11.5 Å². The number of ether oxygens (including phenoxy) is 2. The molecule has 0 saturated heterocycles. The third-order valence-electron chi connectivity index (χ3n) is 3.32. The molecule has 0 heterocycles. The van der Waals surface area contributed by atoms with Gasteiger partial charge in [-0.05, 0) is 28.8 Å². The van der Waals surface area contributed by atoms with Gasteiger partial charge in [-0.3, -0.25) is 4.79 Å². The van der Waals surface area contributed by atoms with Gasteiger partial charge in [-0.2, -0.15) is 0 Å². The number of aliphatic carboxylic acids is 1. The van der Waals surface area contributed by atoms with Crippen molar-refractivity contribution in [3.05, 3.63) is 65.2 Å². The fourth-order valence-electron chi connectivity index (χ4n) is 2.20. The minimum absolute atomic E-state index is 0.505. The number of carboxylic acid groups (broad SMARTS) is 1. The van der Waals surface area contributed by atoms with Gasteiger partial charge in [-0.15, -0.1) is 0 Å². The van der Waals surface area contributed by atoms with E-state index in [2.05, 4.69) is 0 Å². The molecule has 0 amide bonds. The zero-order valence-corrected chi connectivity index (χ0v) is 12.8. The predicted octanol–water partition coefficient (Wildman–Crippen LogP) is 3.03. The second-order valence-electron chi connectivity index (χ2n) is 4.71. The molecule has 23 heavy (non-hydrogen) atoms. The Morgan fingerprint density at radius 2 is 1.57 bits per heavy atom. The standard InChI is InChI=1S/C18H16O5/c1-22-16-8-7-14(9-17(16)23-2)15(10-18(20)21)13-5-3-12(11-19)4-6-13/h3-11H,1-2H3,(H,20,21)/b15-10-. The summed E-state index contributed by atoms with van der Waals surface area (Å²) in [4.78, 5) is 21.9. The highest BCUT2D eigenvalue weighted by Crippen LogP contribution is 2.32. The van der Waals surface area contributed by atoms with E-state index < -0.39 is 5.97 Å². The van der Waals surface area contributed by atoms with Crippen LogP contribution in [0.1, 0.15) is 21.5 Å². The third-order valence-corrected chi connectivity index (χ3v) is 3.32. The Hall–Kier alpha value is -3.08. The van der Waals surface area contributed by atoms with Crippen LogP contribution in [0.25, 0.3) is 5.57 Å². The van der Waals surface area contributed by atoms with E-state index in [4.69, 9.17) is 14.6 Å². The van der Waals surface area contributed by atoms with Crippen LogP contribution >= 0.6 is 0 Å². The molecule has 0 aliphatic heterocycles. The first kappa shape index (κ1) is 16.3. The minimum atomic E-state index is -1.06. The van der Waals surface area contributed by atoms with Crippen molar-refractivity contribution in [1.29, 1.82) is 0 Å². The maximum absolute atomic E-state index is 11.2. The van der Waals surface area contributed by atoms with E-state index in [9.17, 15) is 9.59 Å². The molecular weight excluding hydrogens is 296 g/mol. The lowest BCUT2D eigenvalue weighted by atomic mass is 9.96. The topological polar surface area (TPSA) is 72.8 Å². The maximum atomic E-state index is 11.2. The second-order valence-corrected chi connectivity index (χ2v) is 4.71. The molecule has 0 atom stereocenters. The second kappa shape index (κ2) is 7.26. The first-order chi connectivity index (χ1) is 11.1. The summed E-state index contributed by atoms with van der Waals surface area (Å²) < 4.78 is 10.4. The van der Waals surface area contributed by atoms with Crippen molar-refractivity contribution in [3.63, 3.8) is 0 Å². The molecule has 0 bridgehead atoms. The number of benzene rings is 2. The van der Waals surface area contributed by atoms with Gasteiger partial charge in [0.1, 0.15) is 6.29 Å². The van der Waals surface area contributed by atoms with Crippen molar-refractivity contribution < 1.29 is 24.2 Å². The van der Waals surface area contributed by atoms with E-state index in [0.717, 1.165) is 12.4 Å². The van der Waals surface area contributed by atoms with Crippen LogP contribution in [0, 0.1) is 0 Å². The molecule has 0 fully saturated rings. The van der Waals surface area contributed by atoms with Gasteiger partial charge in [0, 0.05) is 11.6 Å². The molecule has 1 N–H and O–H groups in total. The summed E-state index contributed by atoms with van der Waals surface area (Å²) >= 11 is 0. The third kappa shape index (κ3) is 3.77. The van der Waals surface area contributed by atoms with E-state index in [1.165, 1.54) is 14.2 Å². The number of hydrogen-bond acceptors (Lipinski definition) is 4. The van der Waals surface area contributed by atoms with Gasteiger partial charge in [-0.1, -0.05) is 30.3 Å². The largest absolute Gasteiger partial charge is 0.493 e. The summed E-state index contributed by atoms with van der Waals surface area (Å²) in [5.74, 6) is 0.00211. The van der Waals surface area contributed by atoms with Crippen LogP contribution in [-0.4, -0.2) is 31.6 Å². The molecule has 5 nitrogen and oxygen atoms in total. The van der Waals surface area contributed by atoms with Crippen molar-refractivity contribution in [2.24, 2.45) is 0 Å². The van der Waals surface area contributed by atoms with Crippen molar-refractivity contribution in [2.45, 2.75) is 0 Å². The maximum Gasteiger partial charge on any atom is 0.328 e. The van der Waals surface area contributed by atoms with Crippen LogP contribution in [0.5, 0.6) is 11.5 Å². The van der Waals surface area contributed by atoms with Crippen LogP contribution in [-0.2, 0) is 4.79 Å². The Morgan fingerprint density at radius 3 is 2.09 bits per heavy atom. The average molecular weight is 312 g/mol. The SMILES string of the molecule is COc1ccc(/C(=C\C(=O)O)c2ccc(C=O)cc2)cc1OC. The number of rotatable bonds is 6. The van der Waals surface area contributed by atoms with Gasteiger partial charge < -0.3 is 14.6 Å². The number of aldehydes is 1. The summed E-state index contributed by atoms with van der Waals surface area (Å²) in [5, 5.41) is 9.15. The lowest BCUT2D eigenvalue weighted by Crippen LogP contribution is -1.97. The Labute approximate surface area is 133 Å². The van der Waals surface area contributed by atoms with E-state index in [-0.39, 0.29) is 0 Å². The Bertz CT molecular complexity index is 745. The van der Waals surface area contributed by atoms with Crippen LogP contribution in [0.2, 0.25) is 0 Å². The number of methoxy groups -OCH3 is 2. The highest BCUT2D eigenvalue weighted by Gasteiger charge is 2.11. The normalized spacial score (nSPS) is 11.0. The molecule has 0 saturated carbocycles. The first-order valence-electron chi connectivity index (χ1n) is 6.81. The van der Waals surface area contributed by atoms with Gasteiger partial charge >= 0.3 is 5.97 Å². The summed E-state index contributed by atoms with van der Waals surface area (Å²) in [6.07, 6.45) is 1.86. The summed E-state index contributed by atoms with van der Waals surface area (Å²) in [6, 6.07) is 11.9. The quantitative estimate of drug-likeness (QED) is 0.655. The van der Waals surface area contributed by atoms with Gasteiger partial charge in [0.25, 0.3) is 0 Å². The Morgan fingerprint density at radius 1 is 0.957 bits per heavy atom. The zero-order valence-electron chi connectivity index (χ0n) is 12.8. The molecule has 118 valence electrons. The molecule has 0 aromatic heterocycles. The Kier molecular flexibility index (Phi) is 5.15. The van der Waals surface area contributed by atoms with Crippen molar-refractivity contribution in [2.75, 3.05) is 14.2 Å². The summed E-state index contributed by atoms with van der Waals surface area (Å²) in [5.41, 5.74) is 2.39. The molecule has 2 aromatic carbocycles. The van der Waals surface area contributed by atoms with E-state index in [0.29, 0.717) is 33.8 Å². The smallest absolute Gasteiger partial charge is 0.328 e. The van der Waals surface area contributed by atoms with Crippen LogP contribution in [0.15, 0.2) is 48.5 Å². The number of hydrogen-bond donors (Lipinski definition) is 1. The fraction of sp³-hybridized carbons (Fsp3) is 0.111. The fourth-order valence-corrected chi connectivity index (χ4v) is 2.20. The van der Waals surface area contributed by atoms with Crippen LogP contribution in [0.4, 0.5) is 0 Å². The van der Waals surface area contributed by atoms with Crippen LogP contribution in [0.3, 0.4) is 0 Å². The van der Waals surface area contributed by atoms with Gasteiger partial charge in [0.05, 0.1) is 14.2 Å². The van der Waals surface area contributed by atoms with E-state index in [1.54, 1.807) is 42.5 Å². The predicted molar refractivity (Wildman–Crippen MR) is 86.1 cm³/mol. The molecule has 0 radical (unpaired) electrons. The van der Waals surface area contributed by atoms with Gasteiger partial charge in [0.15, 0.2) is 11.5 Å². The monoisotopic (exact) mass is 312 g/mol. The average Bonchev–Trinajstić information content (AvgIpc) is 2.59. The summed E-state index contributed by atoms with van der Waals surface area (Å²) in [6.45, 7) is 0. The molecule has 2 aromatic rings. The molecule has 0 unspecified atom stereocenters. The first-order valence-corrected chi connectivity index (χ1v) is 6.81. The molecule has 5 heteroatoms. The zero-order chi connectivity index (χ0) is 16.8. The lowest BCUT2D eigenvalue weighted by molar-refractivity contribution is -0.131. The van der Waals surface area contributed by atoms with E-state index >= 15 is 0 Å². The Balaban J connectivity index is 2.55. The van der Waals surface area contributed by atoms with Crippen molar-refractivity contribution in [1.82, 2.24) is 0 Å². The number of carboxylic acids is 1. The number of carbonyl (C=O) groups excluding carboxylic acids is 1. The minimum Gasteiger partial charge on any atom is -0.493 e. The molecular formula is C18H16O5. The number of carbonyl (C=O) groups is 2.